The van der Waals surface area contributed by atoms with Gasteiger partial charge >= 0.3 is 0 Å². The van der Waals surface area contributed by atoms with Gasteiger partial charge in [0.1, 0.15) is 5.82 Å². The van der Waals surface area contributed by atoms with Crippen LogP contribution in [-0.4, -0.2) is 17.2 Å². The number of hydrogen-bond donors (Lipinski definition) is 2. The largest absolute Gasteiger partial charge is 0.481 e. The minimum absolute atomic E-state index is 0.288. The third-order valence-corrected chi connectivity index (χ3v) is 2.51. The summed E-state index contributed by atoms with van der Waals surface area (Å²) in [5.74, 6) is 0.242. The molecule has 0 saturated heterocycles. The number of anilines is 2. The molecule has 1 aromatic carbocycles. The first-order chi connectivity index (χ1) is 9.17. The number of nitrogens with zero attached hydrogens (tertiary/aromatic N) is 1. The Balaban J connectivity index is 1.95. The van der Waals surface area contributed by atoms with Crippen molar-refractivity contribution >= 4 is 28.7 Å². The Hall–Kier alpha value is -2.21. The minimum Gasteiger partial charge on any atom is -0.481 e. The molecule has 19 heavy (non-hydrogen) atoms. The third kappa shape index (κ3) is 3.89. The second-order valence-corrected chi connectivity index (χ2v) is 4.08. The molecule has 0 aliphatic rings. The molecule has 98 valence electrons. The summed E-state index contributed by atoms with van der Waals surface area (Å²) >= 11 is 5.14. The van der Waals surface area contributed by atoms with Crippen LogP contribution in [0.25, 0.3) is 0 Å². The topological polar surface area (TPSA) is 46.2 Å². The fraction of sp³-hybridized carbons (Fsp3) is 0.0769. The number of rotatable bonds is 3. The quantitative estimate of drug-likeness (QED) is 0.844. The zero-order valence-corrected chi connectivity index (χ0v) is 11.0. The van der Waals surface area contributed by atoms with Crippen LogP contribution in [-0.2, 0) is 0 Å². The van der Waals surface area contributed by atoms with Crippen LogP contribution >= 0.6 is 12.2 Å². The first-order valence-corrected chi connectivity index (χ1v) is 5.92. The van der Waals surface area contributed by atoms with Gasteiger partial charge < -0.3 is 15.4 Å². The van der Waals surface area contributed by atoms with E-state index in [2.05, 4.69) is 15.6 Å². The molecule has 2 aromatic rings. The van der Waals surface area contributed by atoms with E-state index in [-0.39, 0.29) is 5.82 Å². The van der Waals surface area contributed by atoms with Crippen LogP contribution in [0.2, 0.25) is 0 Å². The van der Waals surface area contributed by atoms with Gasteiger partial charge in [-0.1, -0.05) is 0 Å². The molecule has 0 bridgehead atoms. The van der Waals surface area contributed by atoms with Gasteiger partial charge in [0.25, 0.3) is 0 Å². The van der Waals surface area contributed by atoms with Gasteiger partial charge in [-0.15, -0.1) is 0 Å². The van der Waals surface area contributed by atoms with Gasteiger partial charge in [0.2, 0.25) is 5.88 Å². The molecular formula is C13H12FN3OS. The van der Waals surface area contributed by atoms with E-state index in [0.717, 1.165) is 5.69 Å². The zero-order chi connectivity index (χ0) is 13.7. The van der Waals surface area contributed by atoms with E-state index in [1.807, 2.05) is 0 Å². The molecule has 0 atom stereocenters. The van der Waals surface area contributed by atoms with E-state index in [1.165, 1.54) is 12.1 Å². The summed E-state index contributed by atoms with van der Waals surface area (Å²) in [7, 11) is 1.55. The lowest BCUT2D eigenvalue weighted by molar-refractivity contribution is 0.398. The highest BCUT2D eigenvalue weighted by atomic mass is 32.1. The van der Waals surface area contributed by atoms with Gasteiger partial charge in [0.05, 0.1) is 19.0 Å². The molecule has 0 aliphatic heterocycles. The van der Waals surface area contributed by atoms with E-state index < -0.39 is 0 Å². The highest BCUT2D eigenvalue weighted by Crippen LogP contribution is 2.12. The second-order valence-electron chi connectivity index (χ2n) is 3.68. The predicted molar refractivity (Wildman–Crippen MR) is 77.0 cm³/mol. The molecule has 1 heterocycles. The lowest BCUT2D eigenvalue weighted by atomic mass is 10.3. The van der Waals surface area contributed by atoms with E-state index in [0.29, 0.717) is 16.7 Å². The molecule has 4 nitrogen and oxygen atoms in total. The number of nitrogens with one attached hydrogen (secondary N) is 2. The Bertz CT molecular complexity index is 557. The van der Waals surface area contributed by atoms with Crippen LogP contribution in [0.5, 0.6) is 5.88 Å². The van der Waals surface area contributed by atoms with Crippen molar-refractivity contribution in [2.75, 3.05) is 17.7 Å². The summed E-state index contributed by atoms with van der Waals surface area (Å²) in [5, 5.41) is 6.31. The molecule has 0 spiro atoms. The third-order valence-electron chi connectivity index (χ3n) is 2.31. The lowest BCUT2D eigenvalue weighted by Crippen LogP contribution is -2.19. The number of thiocarbonyl (C=S) groups is 1. The Morgan fingerprint density at radius 2 is 1.74 bits per heavy atom. The maximum atomic E-state index is 12.7. The fourth-order valence-corrected chi connectivity index (χ4v) is 1.64. The highest BCUT2D eigenvalue weighted by molar-refractivity contribution is 7.80. The zero-order valence-electron chi connectivity index (χ0n) is 10.2. The smallest absolute Gasteiger partial charge is 0.213 e. The van der Waals surface area contributed by atoms with Crippen LogP contribution in [0.3, 0.4) is 0 Å². The van der Waals surface area contributed by atoms with Crippen LogP contribution in [0, 0.1) is 5.82 Å². The summed E-state index contributed by atoms with van der Waals surface area (Å²) in [6.45, 7) is 0. The van der Waals surface area contributed by atoms with Gasteiger partial charge in [-0.25, -0.2) is 9.37 Å². The number of benzene rings is 1. The summed E-state index contributed by atoms with van der Waals surface area (Å²) in [5.41, 5.74) is 1.45. The Kier molecular flexibility index (Phi) is 4.25. The maximum absolute atomic E-state index is 12.7. The first kappa shape index (κ1) is 13.2. The average molecular weight is 277 g/mol. The van der Waals surface area contributed by atoms with Crippen molar-refractivity contribution in [1.82, 2.24) is 4.98 Å². The number of halogens is 1. The molecule has 2 rings (SSSR count). The van der Waals surface area contributed by atoms with E-state index in [4.69, 9.17) is 17.0 Å². The Labute approximate surface area is 115 Å². The van der Waals surface area contributed by atoms with Crippen LogP contribution < -0.4 is 15.4 Å². The van der Waals surface area contributed by atoms with Crippen LogP contribution in [0.1, 0.15) is 0 Å². The fourth-order valence-electron chi connectivity index (χ4n) is 1.40. The highest BCUT2D eigenvalue weighted by Gasteiger charge is 2.00. The summed E-state index contributed by atoms with van der Waals surface area (Å²) in [6, 6.07) is 9.46. The molecule has 0 saturated carbocycles. The predicted octanol–water partition coefficient (Wildman–Crippen LogP) is 3.04. The SMILES string of the molecule is COc1ccc(NC(=S)Nc2ccc(F)cc2)cn1. The first-order valence-electron chi connectivity index (χ1n) is 5.51. The van der Waals surface area contributed by atoms with Crippen molar-refractivity contribution in [2.24, 2.45) is 0 Å². The van der Waals surface area contributed by atoms with Gasteiger partial charge in [-0.2, -0.15) is 0 Å². The number of ether oxygens (including phenoxy) is 1. The minimum atomic E-state index is -0.288. The second kappa shape index (κ2) is 6.10. The molecule has 6 heteroatoms. The number of hydrogen-bond acceptors (Lipinski definition) is 3. The molecular weight excluding hydrogens is 265 g/mol. The average Bonchev–Trinajstić information content (AvgIpc) is 2.42. The van der Waals surface area contributed by atoms with Crippen molar-refractivity contribution in [1.29, 1.82) is 0 Å². The number of pyridine rings is 1. The monoisotopic (exact) mass is 277 g/mol. The van der Waals surface area contributed by atoms with Crippen LogP contribution in [0.4, 0.5) is 15.8 Å². The van der Waals surface area contributed by atoms with E-state index in [1.54, 1.807) is 37.6 Å². The Morgan fingerprint density at radius 1 is 1.11 bits per heavy atom. The molecule has 0 aliphatic carbocycles. The van der Waals surface area contributed by atoms with Crippen molar-refractivity contribution in [3.63, 3.8) is 0 Å². The summed E-state index contributed by atoms with van der Waals surface area (Å²) in [6.07, 6.45) is 1.61. The van der Waals surface area contributed by atoms with Crippen molar-refractivity contribution < 1.29 is 9.13 Å². The summed E-state index contributed by atoms with van der Waals surface area (Å²) < 4.78 is 17.7. The Morgan fingerprint density at radius 3 is 2.32 bits per heavy atom. The van der Waals surface area contributed by atoms with Gasteiger partial charge in [0, 0.05) is 11.8 Å². The summed E-state index contributed by atoms with van der Waals surface area (Å²) in [4.78, 5) is 4.05. The van der Waals surface area contributed by atoms with Gasteiger partial charge in [0.15, 0.2) is 5.11 Å². The number of aromatic nitrogens is 1. The van der Waals surface area contributed by atoms with Gasteiger partial charge in [-0.3, -0.25) is 0 Å². The molecule has 2 N–H and O–H groups in total. The number of methoxy groups -OCH3 is 1. The standard InChI is InChI=1S/C13H12FN3OS/c1-18-12-7-6-11(8-15-12)17-13(19)16-10-4-2-9(14)3-5-10/h2-8H,1H3,(H2,16,17,19). The molecule has 0 amide bonds. The van der Waals surface area contributed by atoms with E-state index >= 15 is 0 Å². The molecule has 1 aromatic heterocycles. The molecule has 0 fully saturated rings. The maximum Gasteiger partial charge on any atom is 0.213 e. The van der Waals surface area contributed by atoms with Gasteiger partial charge in [-0.05, 0) is 42.5 Å². The van der Waals surface area contributed by atoms with E-state index in [9.17, 15) is 4.39 Å². The lowest BCUT2D eigenvalue weighted by Gasteiger charge is -2.10. The van der Waals surface area contributed by atoms with Crippen molar-refractivity contribution in [3.05, 3.63) is 48.4 Å². The molecule has 0 radical (unpaired) electrons. The van der Waals surface area contributed by atoms with Crippen LogP contribution in [0.15, 0.2) is 42.6 Å². The molecule has 0 unspecified atom stereocenters. The normalized spacial score (nSPS) is 9.79. The van der Waals surface area contributed by atoms with Crippen molar-refractivity contribution in [2.45, 2.75) is 0 Å². The van der Waals surface area contributed by atoms with Crippen molar-refractivity contribution in [3.8, 4) is 5.88 Å².